The Labute approximate surface area is 108 Å². The zero-order valence-electron chi connectivity index (χ0n) is 12.2. The molecule has 1 aliphatic heterocycles. The van der Waals surface area contributed by atoms with E-state index in [4.69, 9.17) is 4.74 Å². The molecule has 0 aliphatic carbocycles. The molecule has 0 radical (unpaired) electrons. The first kappa shape index (κ1) is 15.0. The van der Waals surface area contributed by atoms with Gasteiger partial charge in [-0.15, -0.1) is 0 Å². The van der Waals surface area contributed by atoms with Crippen LogP contribution >= 0.6 is 0 Å². The molecule has 17 heavy (non-hydrogen) atoms. The summed E-state index contributed by atoms with van der Waals surface area (Å²) >= 11 is 0. The minimum absolute atomic E-state index is 0.407. The van der Waals surface area contributed by atoms with Crippen molar-refractivity contribution in [2.45, 2.75) is 65.9 Å². The molecule has 0 saturated carbocycles. The summed E-state index contributed by atoms with van der Waals surface area (Å²) in [6.07, 6.45) is 6.91. The van der Waals surface area contributed by atoms with Crippen LogP contribution in [0.5, 0.6) is 0 Å². The Morgan fingerprint density at radius 2 is 2.18 bits per heavy atom. The van der Waals surface area contributed by atoms with Crippen LogP contribution in [-0.4, -0.2) is 25.8 Å². The zero-order valence-corrected chi connectivity index (χ0v) is 12.2. The van der Waals surface area contributed by atoms with Crippen LogP contribution in [0.15, 0.2) is 0 Å². The molecule has 0 aromatic carbocycles. The second-order valence-corrected chi connectivity index (χ2v) is 6.09. The van der Waals surface area contributed by atoms with Crippen molar-refractivity contribution < 1.29 is 4.74 Å². The maximum atomic E-state index is 5.82. The van der Waals surface area contributed by atoms with E-state index in [0.717, 1.165) is 25.6 Å². The van der Waals surface area contributed by atoms with Gasteiger partial charge in [0.05, 0.1) is 6.10 Å². The molecule has 1 saturated heterocycles. The van der Waals surface area contributed by atoms with Gasteiger partial charge in [-0.25, -0.2) is 0 Å². The summed E-state index contributed by atoms with van der Waals surface area (Å²) in [4.78, 5) is 0. The van der Waals surface area contributed by atoms with E-state index in [9.17, 15) is 0 Å². The van der Waals surface area contributed by atoms with Crippen molar-refractivity contribution in [3.63, 3.8) is 0 Å². The summed E-state index contributed by atoms with van der Waals surface area (Å²) in [7, 11) is 0. The fourth-order valence-corrected chi connectivity index (χ4v) is 2.84. The lowest BCUT2D eigenvalue weighted by molar-refractivity contribution is 0.0567. The van der Waals surface area contributed by atoms with Gasteiger partial charge >= 0.3 is 0 Å². The third kappa shape index (κ3) is 4.59. The van der Waals surface area contributed by atoms with Crippen LogP contribution in [-0.2, 0) is 4.74 Å². The lowest BCUT2D eigenvalue weighted by Crippen LogP contribution is -2.39. The average Bonchev–Trinajstić information content (AvgIpc) is 2.61. The SMILES string of the molecule is CCCNCC1(CCCC(C)C)CCOC1C. The summed E-state index contributed by atoms with van der Waals surface area (Å²) in [5, 5.41) is 3.61. The van der Waals surface area contributed by atoms with Crippen molar-refractivity contribution in [3.8, 4) is 0 Å². The van der Waals surface area contributed by atoms with Gasteiger partial charge < -0.3 is 10.1 Å². The van der Waals surface area contributed by atoms with E-state index in [-0.39, 0.29) is 0 Å². The van der Waals surface area contributed by atoms with Gasteiger partial charge in [0.1, 0.15) is 0 Å². The smallest absolute Gasteiger partial charge is 0.0616 e. The molecule has 2 nitrogen and oxygen atoms in total. The van der Waals surface area contributed by atoms with Crippen LogP contribution in [0.3, 0.4) is 0 Å². The Balaban J connectivity index is 2.41. The molecular weight excluding hydrogens is 210 g/mol. The molecule has 0 aromatic rings. The summed E-state index contributed by atoms with van der Waals surface area (Å²) in [5.74, 6) is 0.827. The molecule has 1 rings (SSSR count). The van der Waals surface area contributed by atoms with Crippen molar-refractivity contribution in [2.75, 3.05) is 19.7 Å². The predicted octanol–water partition coefficient (Wildman–Crippen LogP) is 3.61. The second-order valence-electron chi connectivity index (χ2n) is 6.09. The summed E-state index contributed by atoms with van der Waals surface area (Å²) in [6, 6.07) is 0. The number of hydrogen-bond donors (Lipinski definition) is 1. The van der Waals surface area contributed by atoms with E-state index in [1.54, 1.807) is 0 Å². The average molecular weight is 241 g/mol. The van der Waals surface area contributed by atoms with E-state index in [0.29, 0.717) is 11.5 Å². The fraction of sp³-hybridized carbons (Fsp3) is 1.00. The van der Waals surface area contributed by atoms with Gasteiger partial charge in [0.2, 0.25) is 0 Å². The van der Waals surface area contributed by atoms with Crippen LogP contribution in [0.2, 0.25) is 0 Å². The van der Waals surface area contributed by atoms with Crippen LogP contribution in [0.25, 0.3) is 0 Å². The Kier molecular flexibility index (Phi) is 6.50. The second kappa shape index (κ2) is 7.38. The normalized spacial score (nSPS) is 29.1. The van der Waals surface area contributed by atoms with Crippen molar-refractivity contribution in [3.05, 3.63) is 0 Å². The lowest BCUT2D eigenvalue weighted by Gasteiger charge is -2.33. The molecule has 0 amide bonds. The topological polar surface area (TPSA) is 21.3 Å². The molecule has 1 N–H and O–H groups in total. The first-order chi connectivity index (χ1) is 8.10. The van der Waals surface area contributed by atoms with Crippen molar-refractivity contribution >= 4 is 0 Å². The van der Waals surface area contributed by atoms with Crippen LogP contribution in [0, 0.1) is 11.3 Å². The van der Waals surface area contributed by atoms with Gasteiger partial charge in [-0.2, -0.15) is 0 Å². The molecule has 1 fully saturated rings. The number of hydrogen-bond acceptors (Lipinski definition) is 2. The monoisotopic (exact) mass is 241 g/mol. The standard InChI is InChI=1S/C15H31NO/c1-5-10-16-12-15(8-6-7-13(2)3)9-11-17-14(15)4/h13-14,16H,5-12H2,1-4H3. The maximum Gasteiger partial charge on any atom is 0.0616 e. The van der Waals surface area contributed by atoms with E-state index in [2.05, 4.69) is 33.0 Å². The molecule has 1 aliphatic rings. The van der Waals surface area contributed by atoms with Crippen molar-refractivity contribution in [1.29, 1.82) is 0 Å². The van der Waals surface area contributed by atoms with E-state index >= 15 is 0 Å². The highest BCUT2D eigenvalue weighted by Crippen LogP contribution is 2.39. The Hall–Kier alpha value is -0.0800. The Morgan fingerprint density at radius 3 is 2.71 bits per heavy atom. The van der Waals surface area contributed by atoms with Gasteiger partial charge in [-0.05, 0) is 38.6 Å². The molecule has 1 heterocycles. The molecule has 2 heteroatoms. The maximum absolute atomic E-state index is 5.82. The Bertz CT molecular complexity index is 205. The number of nitrogens with one attached hydrogen (secondary N) is 1. The highest BCUT2D eigenvalue weighted by Gasteiger charge is 2.40. The number of ether oxygens (including phenoxy) is 1. The van der Waals surface area contributed by atoms with E-state index in [1.165, 1.54) is 32.1 Å². The quantitative estimate of drug-likeness (QED) is 0.656. The third-order valence-electron chi connectivity index (χ3n) is 4.19. The van der Waals surface area contributed by atoms with Crippen LogP contribution in [0.1, 0.15) is 59.8 Å². The van der Waals surface area contributed by atoms with Crippen molar-refractivity contribution in [1.82, 2.24) is 5.32 Å². The first-order valence-corrected chi connectivity index (χ1v) is 7.43. The van der Waals surface area contributed by atoms with Crippen LogP contribution in [0.4, 0.5) is 0 Å². The van der Waals surface area contributed by atoms with E-state index in [1.807, 2.05) is 0 Å². The largest absolute Gasteiger partial charge is 0.378 e. The van der Waals surface area contributed by atoms with Gasteiger partial charge in [-0.3, -0.25) is 0 Å². The Morgan fingerprint density at radius 1 is 1.41 bits per heavy atom. The zero-order chi connectivity index (χ0) is 12.7. The van der Waals surface area contributed by atoms with Gasteiger partial charge in [0.15, 0.2) is 0 Å². The molecule has 102 valence electrons. The summed E-state index contributed by atoms with van der Waals surface area (Å²) < 4.78 is 5.82. The minimum Gasteiger partial charge on any atom is -0.378 e. The molecule has 0 bridgehead atoms. The van der Waals surface area contributed by atoms with Gasteiger partial charge in [0.25, 0.3) is 0 Å². The van der Waals surface area contributed by atoms with Gasteiger partial charge in [0, 0.05) is 18.6 Å². The number of rotatable bonds is 8. The molecule has 0 aromatic heterocycles. The highest BCUT2D eigenvalue weighted by molar-refractivity contribution is 4.91. The molecule has 0 spiro atoms. The van der Waals surface area contributed by atoms with E-state index < -0.39 is 0 Å². The molecule has 2 atom stereocenters. The highest BCUT2D eigenvalue weighted by atomic mass is 16.5. The lowest BCUT2D eigenvalue weighted by atomic mass is 9.76. The van der Waals surface area contributed by atoms with Crippen LogP contribution < -0.4 is 5.32 Å². The summed E-state index contributed by atoms with van der Waals surface area (Å²) in [5.41, 5.74) is 0.407. The third-order valence-corrected chi connectivity index (χ3v) is 4.19. The minimum atomic E-state index is 0.407. The molecular formula is C15H31NO. The first-order valence-electron chi connectivity index (χ1n) is 7.43. The fourth-order valence-electron chi connectivity index (χ4n) is 2.84. The molecule has 2 unspecified atom stereocenters. The van der Waals surface area contributed by atoms with Crippen molar-refractivity contribution in [2.24, 2.45) is 11.3 Å². The predicted molar refractivity (Wildman–Crippen MR) is 74.3 cm³/mol. The van der Waals surface area contributed by atoms with Gasteiger partial charge in [-0.1, -0.05) is 33.6 Å². The summed E-state index contributed by atoms with van der Waals surface area (Å²) in [6.45, 7) is 12.4.